The first-order valence-corrected chi connectivity index (χ1v) is 7.76. The van der Waals surface area contributed by atoms with Crippen LogP contribution in [0.5, 0.6) is 0 Å². The summed E-state index contributed by atoms with van der Waals surface area (Å²) in [5, 5.41) is 8.88. The fraction of sp³-hybridized carbons (Fsp3) is 0.462. The average Bonchev–Trinajstić information content (AvgIpc) is 2.24. The Kier molecular flexibility index (Phi) is 4.10. The van der Waals surface area contributed by atoms with Gasteiger partial charge in [-0.15, -0.1) is 0 Å². The number of sulfonamides is 1. The Morgan fingerprint density at radius 1 is 1.45 bits per heavy atom. The second-order valence-corrected chi connectivity index (χ2v) is 6.82. The first-order valence-electron chi connectivity index (χ1n) is 6.32. The van der Waals surface area contributed by atoms with Crippen LogP contribution < -0.4 is 0 Å². The summed E-state index contributed by atoms with van der Waals surface area (Å²) in [5.41, 5.74) is 0.606. The summed E-state index contributed by atoms with van der Waals surface area (Å²) < 4.78 is 39.7. The average molecular weight is 301 g/mol. The minimum absolute atomic E-state index is 0.350. The molecule has 20 heavy (non-hydrogen) atoms. The highest BCUT2D eigenvalue weighted by atomic mass is 32.2. The lowest BCUT2D eigenvalue weighted by atomic mass is 9.93. The molecule has 0 heterocycles. The van der Waals surface area contributed by atoms with Gasteiger partial charge in [0.25, 0.3) is 0 Å². The number of benzene rings is 1. The van der Waals surface area contributed by atoms with Crippen molar-refractivity contribution in [3.63, 3.8) is 0 Å². The molecule has 0 unspecified atom stereocenters. The van der Waals surface area contributed by atoms with Crippen LogP contribution in [0.15, 0.2) is 23.1 Å². The Balaban J connectivity index is 2.41. The van der Waals surface area contributed by atoms with Crippen LogP contribution in [0.3, 0.4) is 0 Å². The van der Waals surface area contributed by atoms with Gasteiger partial charge in [0.15, 0.2) is 0 Å². The van der Waals surface area contributed by atoms with E-state index in [0.717, 1.165) is 16.8 Å². The molecule has 1 aliphatic carbocycles. The molecule has 1 saturated carbocycles. The van der Waals surface area contributed by atoms with Gasteiger partial charge in [-0.25, -0.2) is 12.8 Å². The highest BCUT2D eigenvalue weighted by Gasteiger charge is 2.37. The third-order valence-electron chi connectivity index (χ3n) is 3.45. The lowest BCUT2D eigenvalue weighted by Crippen LogP contribution is -2.46. The molecule has 5 nitrogen and oxygen atoms in total. The number of nitrogens with zero attached hydrogens (tertiary/aromatic N) is 1. The summed E-state index contributed by atoms with van der Waals surface area (Å²) in [6.45, 7) is 1.01. The van der Waals surface area contributed by atoms with Gasteiger partial charge in [-0.05, 0) is 37.5 Å². The van der Waals surface area contributed by atoms with Crippen molar-refractivity contribution >= 4 is 16.0 Å². The summed E-state index contributed by atoms with van der Waals surface area (Å²) in [7, 11) is -4.13. The van der Waals surface area contributed by atoms with Crippen molar-refractivity contribution in [2.24, 2.45) is 0 Å². The van der Waals surface area contributed by atoms with Crippen LogP contribution in [0.25, 0.3) is 0 Å². The van der Waals surface area contributed by atoms with E-state index in [2.05, 4.69) is 0 Å². The van der Waals surface area contributed by atoms with Crippen LogP contribution >= 0.6 is 0 Å². The number of carboxylic acid groups (broad SMARTS) is 1. The Morgan fingerprint density at radius 3 is 2.55 bits per heavy atom. The number of hydrogen-bond donors (Lipinski definition) is 1. The Morgan fingerprint density at radius 2 is 2.10 bits per heavy atom. The Hall–Kier alpha value is -1.47. The van der Waals surface area contributed by atoms with E-state index in [1.54, 1.807) is 6.92 Å². The predicted octanol–water partition coefficient (Wildman–Crippen LogP) is 1.76. The minimum atomic E-state index is -4.13. The molecule has 0 aromatic heterocycles. The van der Waals surface area contributed by atoms with E-state index in [4.69, 9.17) is 5.11 Å². The fourth-order valence-corrected chi connectivity index (χ4v) is 3.84. The number of halogens is 1. The van der Waals surface area contributed by atoms with Crippen molar-refractivity contribution in [3.8, 4) is 0 Å². The predicted molar refractivity (Wildman–Crippen MR) is 70.3 cm³/mol. The van der Waals surface area contributed by atoms with E-state index in [1.807, 2.05) is 0 Å². The lowest BCUT2D eigenvalue weighted by Gasteiger charge is -2.35. The van der Waals surface area contributed by atoms with Gasteiger partial charge in [0.2, 0.25) is 10.0 Å². The number of hydrogen-bond acceptors (Lipinski definition) is 3. The number of aliphatic carboxylic acids is 1. The zero-order valence-electron chi connectivity index (χ0n) is 11.0. The largest absolute Gasteiger partial charge is 0.480 e. The van der Waals surface area contributed by atoms with Crippen LogP contribution in [0.1, 0.15) is 24.8 Å². The van der Waals surface area contributed by atoms with Crippen LogP contribution in [0, 0.1) is 12.7 Å². The minimum Gasteiger partial charge on any atom is -0.480 e. The molecule has 0 amide bonds. The topological polar surface area (TPSA) is 74.7 Å². The van der Waals surface area contributed by atoms with Gasteiger partial charge in [-0.2, -0.15) is 4.31 Å². The van der Waals surface area contributed by atoms with E-state index in [-0.39, 0.29) is 6.04 Å². The van der Waals surface area contributed by atoms with Gasteiger partial charge < -0.3 is 5.11 Å². The molecule has 0 bridgehead atoms. The maximum absolute atomic E-state index is 13.9. The highest BCUT2D eigenvalue weighted by molar-refractivity contribution is 7.89. The van der Waals surface area contributed by atoms with E-state index in [9.17, 15) is 17.6 Å². The van der Waals surface area contributed by atoms with E-state index in [0.29, 0.717) is 18.4 Å². The molecule has 1 aromatic carbocycles. The van der Waals surface area contributed by atoms with E-state index in [1.165, 1.54) is 12.1 Å². The maximum atomic E-state index is 13.9. The zero-order chi connectivity index (χ0) is 14.9. The SMILES string of the molecule is Cc1ccc(S(=O)(=O)N(CC(=O)O)C2CCC2)c(F)c1. The summed E-state index contributed by atoms with van der Waals surface area (Å²) >= 11 is 0. The normalized spacial score (nSPS) is 16.1. The van der Waals surface area contributed by atoms with E-state index >= 15 is 0 Å². The summed E-state index contributed by atoms with van der Waals surface area (Å²) in [5.74, 6) is -2.09. The van der Waals surface area contributed by atoms with Gasteiger partial charge in [0.1, 0.15) is 17.3 Å². The van der Waals surface area contributed by atoms with Gasteiger partial charge in [-0.1, -0.05) is 12.5 Å². The van der Waals surface area contributed by atoms with Gasteiger partial charge in [-0.3, -0.25) is 4.79 Å². The molecule has 0 atom stereocenters. The maximum Gasteiger partial charge on any atom is 0.318 e. The third kappa shape index (κ3) is 2.83. The van der Waals surface area contributed by atoms with Crippen molar-refractivity contribution in [1.29, 1.82) is 0 Å². The smallest absolute Gasteiger partial charge is 0.318 e. The molecule has 1 fully saturated rings. The molecule has 1 N–H and O–H groups in total. The molecule has 0 radical (unpaired) electrons. The molecule has 7 heteroatoms. The first-order chi connectivity index (χ1) is 9.32. The Labute approximate surface area is 117 Å². The van der Waals surface area contributed by atoms with Crippen molar-refractivity contribution in [2.75, 3.05) is 6.54 Å². The lowest BCUT2D eigenvalue weighted by molar-refractivity contribution is -0.137. The number of rotatable bonds is 5. The second kappa shape index (κ2) is 5.49. The molecular weight excluding hydrogens is 285 g/mol. The fourth-order valence-electron chi connectivity index (χ4n) is 2.16. The molecule has 0 aliphatic heterocycles. The van der Waals surface area contributed by atoms with Gasteiger partial charge in [0, 0.05) is 6.04 Å². The number of carboxylic acids is 1. The number of aryl methyl sites for hydroxylation is 1. The Bertz CT molecular complexity index is 625. The molecule has 0 saturated heterocycles. The second-order valence-electron chi connectivity index (χ2n) is 4.96. The van der Waals surface area contributed by atoms with E-state index < -0.39 is 33.3 Å². The van der Waals surface area contributed by atoms with Crippen LogP contribution in [-0.2, 0) is 14.8 Å². The molecule has 1 aromatic rings. The standard InChI is InChI=1S/C13H16FNO4S/c1-9-5-6-12(11(14)7-9)20(18,19)15(8-13(16)17)10-3-2-4-10/h5-7,10H,2-4,8H2,1H3,(H,16,17). The van der Waals surface area contributed by atoms with Crippen molar-refractivity contribution < 1.29 is 22.7 Å². The molecule has 2 rings (SSSR count). The molecule has 1 aliphatic rings. The summed E-state index contributed by atoms with van der Waals surface area (Å²) in [6.07, 6.45) is 2.08. The van der Waals surface area contributed by atoms with Crippen molar-refractivity contribution in [3.05, 3.63) is 29.6 Å². The molecule has 0 spiro atoms. The van der Waals surface area contributed by atoms with Crippen LogP contribution in [0.2, 0.25) is 0 Å². The summed E-state index contributed by atoms with van der Waals surface area (Å²) in [6, 6.07) is 3.47. The van der Waals surface area contributed by atoms with Crippen LogP contribution in [-0.4, -0.2) is 36.4 Å². The monoisotopic (exact) mass is 301 g/mol. The number of carbonyl (C=O) groups is 1. The first kappa shape index (κ1) is 14.9. The van der Waals surface area contributed by atoms with Crippen molar-refractivity contribution in [2.45, 2.75) is 37.1 Å². The quantitative estimate of drug-likeness (QED) is 0.899. The highest BCUT2D eigenvalue weighted by Crippen LogP contribution is 2.30. The van der Waals surface area contributed by atoms with Gasteiger partial charge in [0.05, 0.1) is 0 Å². The van der Waals surface area contributed by atoms with Crippen molar-refractivity contribution in [1.82, 2.24) is 4.31 Å². The molecule has 110 valence electrons. The third-order valence-corrected chi connectivity index (χ3v) is 5.38. The molecular formula is C13H16FNO4S. The van der Waals surface area contributed by atoms with Gasteiger partial charge >= 0.3 is 5.97 Å². The zero-order valence-corrected chi connectivity index (χ0v) is 11.9. The van der Waals surface area contributed by atoms with Crippen LogP contribution in [0.4, 0.5) is 4.39 Å². The summed E-state index contributed by atoms with van der Waals surface area (Å²) in [4.78, 5) is 10.4.